The Morgan fingerprint density at radius 2 is 1.66 bits per heavy atom. The second-order valence-corrected chi connectivity index (χ2v) is 7.23. The summed E-state index contributed by atoms with van der Waals surface area (Å²) in [5.74, 6) is -1.72. The highest BCUT2D eigenvalue weighted by atomic mass is 16.5. The van der Waals surface area contributed by atoms with Gasteiger partial charge in [0.15, 0.2) is 0 Å². The van der Waals surface area contributed by atoms with Crippen molar-refractivity contribution in [3.8, 4) is 5.75 Å². The molecule has 2 fully saturated rings. The van der Waals surface area contributed by atoms with Crippen LogP contribution in [-0.4, -0.2) is 52.3 Å². The quantitative estimate of drug-likeness (QED) is 0.593. The lowest BCUT2D eigenvalue weighted by Crippen LogP contribution is -2.43. The van der Waals surface area contributed by atoms with Crippen molar-refractivity contribution >= 4 is 22.9 Å². The Hall–Kier alpha value is -3.13. The van der Waals surface area contributed by atoms with Crippen molar-refractivity contribution in [3.05, 3.63) is 52.9 Å². The molecule has 0 amide bonds. The Labute approximate surface area is 167 Å². The summed E-state index contributed by atoms with van der Waals surface area (Å²) in [7, 11) is 2.23. The molecule has 0 aliphatic carbocycles. The normalized spacial score (nSPS) is 23.6. The summed E-state index contributed by atoms with van der Waals surface area (Å²) < 4.78 is 11.4. The van der Waals surface area contributed by atoms with E-state index in [4.69, 9.17) is 19.4 Å². The van der Waals surface area contributed by atoms with Crippen molar-refractivity contribution in [1.29, 1.82) is 0 Å². The monoisotopic (exact) mass is 401 g/mol. The molecular weight excluding hydrogens is 378 g/mol. The van der Waals surface area contributed by atoms with Crippen LogP contribution in [0.25, 0.3) is 11.0 Å². The number of carbonyl (C=O) groups is 2. The van der Waals surface area contributed by atoms with Gasteiger partial charge < -0.3 is 24.3 Å². The average Bonchev–Trinajstić information content (AvgIpc) is 2.88. The van der Waals surface area contributed by atoms with Gasteiger partial charge in [0.2, 0.25) is 0 Å². The Kier molecular flexibility index (Phi) is 6.33. The van der Waals surface area contributed by atoms with Crippen molar-refractivity contribution in [2.24, 2.45) is 0 Å². The summed E-state index contributed by atoms with van der Waals surface area (Å²) in [6, 6.07) is 10.3. The first kappa shape index (κ1) is 20.6. The van der Waals surface area contributed by atoms with Crippen LogP contribution in [0.1, 0.15) is 25.7 Å². The highest BCUT2D eigenvalue weighted by Gasteiger charge is 2.39. The second kappa shape index (κ2) is 8.91. The molecule has 3 heterocycles. The number of piperidine rings is 1. The molecule has 2 aliphatic heterocycles. The number of carboxylic acids is 2. The summed E-state index contributed by atoms with van der Waals surface area (Å²) in [6.07, 6.45) is 6.13. The van der Waals surface area contributed by atoms with Gasteiger partial charge in [-0.1, -0.05) is 0 Å². The van der Waals surface area contributed by atoms with E-state index in [0.29, 0.717) is 29.8 Å². The van der Waals surface area contributed by atoms with E-state index in [1.807, 2.05) is 18.2 Å². The predicted octanol–water partition coefficient (Wildman–Crippen LogP) is 2.51. The third-order valence-electron chi connectivity index (χ3n) is 5.32. The summed E-state index contributed by atoms with van der Waals surface area (Å²) in [4.78, 5) is 32.9. The van der Waals surface area contributed by atoms with Crippen LogP contribution >= 0.6 is 0 Å². The molecule has 2 aromatic rings. The molecule has 1 aromatic heterocycles. The Bertz CT molecular complexity index is 950. The minimum Gasteiger partial charge on any atom is -0.490 e. The van der Waals surface area contributed by atoms with Gasteiger partial charge in [0, 0.05) is 41.8 Å². The standard InChI is InChI=1S/C17H19NO3.C4H4O4/c1-18-12-4-5-13(18)9-15(8-12)20-14-6-2-11-3-7-17(19)21-16(11)10-14;5-3(6)1-2-4(7)8/h2-3,6-7,10,12-13,15H,4-5,8-9H2,1H3;1-2H,(H,5,6)(H,7,8)/b;2-1+. The van der Waals surface area contributed by atoms with Gasteiger partial charge in [0.1, 0.15) is 17.4 Å². The van der Waals surface area contributed by atoms with Crippen LogP contribution in [0.3, 0.4) is 0 Å². The summed E-state index contributed by atoms with van der Waals surface area (Å²) >= 11 is 0. The molecule has 2 aliphatic rings. The van der Waals surface area contributed by atoms with Crippen molar-refractivity contribution in [2.75, 3.05) is 7.05 Å². The SMILES string of the molecule is CN1C2CCC1CC(Oc1ccc3ccc(=O)oc3c1)C2.O=C(O)/C=C/C(=O)O. The number of aliphatic carboxylic acids is 2. The molecule has 2 atom stereocenters. The largest absolute Gasteiger partial charge is 0.490 e. The lowest BCUT2D eigenvalue weighted by Gasteiger charge is -2.36. The van der Waals surface area contributed by atoms with Gasteiger partial charge in [-0.15, -0.1) is 0 Å². The second-order valence-electron chi connectivity index (χ2n) is 7.23. The van der Waals surface area contributed by atoms with Crippen molar-refractivity contribution in [3.63, 3.8) is 0 Å². The third-order valence-corrected chi connectivity index (χ3v) is 5.32. The maximum absolute atomic E-state index is 11.3. The van der Waals surface area contributed by atoms with Crippen LogP contribution in [0.2, 0.25) is 0 Å². The number of nitrogens with zero attached hydrogens (tertiary/aromatic N) is 1. The van der Waals surface area contributed by atoms with Crippen LogP contribution in [0, 0.1) is 0 Å². The molecule has 29 heavy (non-hydrogen) atoms. The van der Waals surface area contributed by atoms with E-state index in [-0.39, 0.29) is 11.7 Å². The van der Waals surface area contributed by atoms with E-state index in [1.54, 1.807) is 6.07 Å². The summed E-state index contributed by atoms with van der Waals surface area (Å²) in [6.45, 7) is 0. The number of hydrogen-bond donors (Lipinski definition) is 2. The smallest absolute Gasteiger partial charge is 0.336 e. The molecular formula is C21H23NO7. The van der Waals surface area contributed by atoms with Crippen molar-refractivity contribution in [1.82, 2.24) is 4.90 Å². The van der Waals surface area contributed by atoms with E-state index in [1.165, 1.54) is 18.9 Å². The Balaban J connectivity index is 0.000000258. The Morgan fingerprint density at radius 1 is 1.07 bits per heavy atom. The molecule has 2 unspecified atom stereocenters. The number of rotatable bonds is 4. The topological polar surface area (TPSA) is 117 Å². The number of carboxylic acid groups (broad SMARTS) is 2. The van der Waals surface area contributed by atoms with Crippen LogP contribution in [0.5, 0.6) is 5.75 Å². The first-order valence-corrected chi connectivity index (χ1v) is 9.38. The van der Waals surface area contributed by atoms with Crippen LogP contribution in [0.4, 0.5) is 0 Å². The van der Waals surface area contributed by atoms with Crippen LogP contribution < -0.4 is 10.4 Å². The van der Waals surface area contributed by atoms with Gasteiger partial charge in [-0.3, -0.25) is 0 Å². The fourth-order valence-electron chi connectivity index (χ4n) is 3.91. The van der Waals surface area contributed by atoms with Gasteiger partial charge in [0.25, 0.3) is 0 Å². The fraction of sp³-hybridized carbons (Fsp3) is 0.381. The minimum atomic E-state index is -1.26. The van der Waals surface area contributed by atoms with Gasteiger partial charge in [-0.25, -0.2) is 14.4 Å². The first-order valence-electron chi connectivity index (χ1n) is 9.38. The predicted molar refractivity (Wildman–Crippen MR) is 105 cm³/mol. The molecule has 0 saturated carbocycles. The maximum Gasteiger partial charge on any atom is 0.336 e. The number of ether oxygens (including phenoxy) is 1. The zero-order valence-electron chi connectivity index (χ0n) is 16.0. The first-order chi connectivity index (χ1) is 13.8. The molecule has 2 N–H and O–H groups in total. The van der Waals surface area contributed by atoms with Crippen LogP contribution in [0.15, 0.2) is 51.7 Å². The minimum absolute atomic E-state index is 0.270. The van der Waals surface area contributed by atoms with E-state index in [2.05, 4.69) is 11.9 Å². The number of benzene rings is 1. The van der Waals surface area contributed by atoms with Gasteiger partial charge in [0.05, 0.1) is 0 Å². The average molecular weight is 401 g/mol. The van der Waals surface area contributed by atoms with Gasteiger partial charge in [-0.2, -0.15) is 0 Å². The van der Waals surface area contributed by atoms with Gasteiger partial charge in [-0.05, 0) is 50.9 Å². The van der Waals surface area contributed by atoms with Gasteiger partial charge >= 0.3 is 17.6 Å². The summed E-state index contributed by atoms with van der Waals surface area (Å²) in [5, 5.41) is 16.5. The highest BCUT2D eigenvalue weighted by Crippen LogP contribution is 2.36. The highest BCUT2D eigenvalue weighted by molar-refractivity contribution is 5.89. The maximum atomic E-state index is 11.3. The van der Waals surface area contributed by atoms with Crippen molar-refractivity contribution < 1.29 is 29.0 Å². The molecule has 4 rings (SSSR count). The zero-order valence-corrected chi connectivity index (χ0v) is 16.0. The zero-order chi connectivity index (χ0) is 21.0. The number of hydrogen-bond acceptors (Lipinski definition) is 6. The third kappa shape index (κ3) is 5.45. The molecule has 1 aromatic carbocycles. The molecule has 2 saturated heterocycles. The molecule has 2 bridgehead atoms. The molecule has 8 heteroatoms. The molecule has 154 valence electrons. The fourth-order valence-corrected chi connectivity index (χ4v) is 3.91. The lowest BCUT2D eigenvalue weighted by atomic mass is 10.0. The van der Waals surface area contributed by atoms with Crippen molar-refractivity contribution in [2.45, 2.75) is 43.9 Å². The van der Waals surface area contributed by atoms with E-state index >= 15 is 0 Å². The molecule has 0 radical (unpaired) electrons. The van der Waals surface area contributed by atoms with E-state index in [0.717, 1.165) is 24.0 Å². The lowest BCUT2D eigenvalue weighted by molar-refractivity contribution is -0.134. The Morgan fingerprint density at radius 3 is 2.24 bits per heavy atom. The molecule has 8 nitrogen and oxygen atoms in total. The van der Waals surface area contributed by atoms with E-state index in [9.17, 15) is 14.4 Å². The number of fused-ring (bicyclic) bond motifs is 3. The molecule has 0 spiro atoms. The van der Waals surface area contributed by atoms with E-state index < -0.39 is 11.9 Å². The van der Waals surface area contributed by atoms with Crippen LogP contribution in [-0.2, 0) is 9.59 Å². The summed E-state index contributed by atoms with van der Waals surface area (Å²) in [5.41, 5.74) is 0.271.